The SMILES string of the molecule is CC(C)CCCC(C)[C@H]1CC[C@H]2[C@@H]3CCC4C[C@@H](CCC=C(c5cc(Cl)c(OCc6ccc(C(=O)O)cc6)c(C(=O)O)c5)c5cc(Cl)c(OCc6ccc(C(=O)O)cc6)c(C(=O)O)c5)CC[C@]4(C)[C@H]3CC[C@]12C. The first-order valence-corrected chi connectivity index (χ1v) is 27.3. The average Bonchev–Trinajstić information content (AvgIpc) is 3.71. The Kier molecular flexibility index (Phi) is 16.7. The van der Waals surface area contributed by atoms with Crippen LogP contribution >= 0.6 is 23.2 Å². The number of fused-ring (bicyclic) bond motifs is 5. The highest BCUT2D eigenvalue weighted by atomic mass is 35.5. The minimum absolute atomic E-state index is 0.0239. The molecule has 4 fully saturated rings. The first-order valence-electron chi connectivity index (χ1n) is 26.5. The molecule has 0 amide bonds. The number of carbonyl (C=O) groups is 4. The molecule has 12 heteroatoms. The maximum atomic E-state index is 12.9. The largest absolute Gasteiger partial charge is 0.486 e. The van der Waals surface area contributed by atoms with Gasteiger partial charge in [-0.1, -0.05) is 107 Å². The van der Waals surface area contributed by atoms with Crippen molar-refractivity contribution in [3.05, 3.63) is 133 Å². The lowest BCUT2D eigenvalue weighted by Crippen LogP contribution is -2.53. The van der Waals surface area contributed by atoms with E-state index in [1.807, 2.05) is 6.08 Å². The number of allylic oxidation sites excluding steroid dienone is 1. The molecule has 9 atom stereocenters. The zero-order chi connectivity index (χ0) is 52.4. The summed E-state index contributed by atoms with van der Waals surface area (Å²) in [7, 11) is 0. The fourth-order valence-electron chi connectivity index (χ4n) is 14.4. The standard InChI is InChI=1S/C61H72Cl2O10/c1-35(2)8-6-9-36(3)49-22-23-50-46-21-20-44-28-37(24-26-60(44,4)51(46)25-27-61(49,50)5)10-7-11-45(42-29-47(58(68)69)54(52(62)31-42)72-33-38-12-16-40(17-13-38)56(64)65)43-30-48(59(70)71)55(53(63)32-43)73-34-39-14-18-41(19-15-39)57(66)67/h11-19,29-32,35-37,44,46,49-51H,6-10,20-28,33-34H2,1-5H3,(H,64,65)(H,66,67)(H,68,69)(H,70,71)/t36?,37-,44?,46-,49+,50-,51-,60-,61+/m0/s1. The molecule has 8 rings (SSSR count). The molecule has 0 spiro atoms. The Bertz CT molecular complexity index is 2580. The first-order chi connectivity index (χ1) is 34.8. The van der Waals surface area contributed by atoms with Crippen molar-refractivity contribution < 1.29 is 49.1 Å². The van der Waals surface area contributed by atoms with Gasteiger partial charge in [-0.2, -0.15) is 0 Å². The van der Waals surface area contributed by atoms with Crippen LogP contribution in [0.5, 0.6) is 11.5 Å². The second kappa shape index (κ2) is 22.7. The van der Waals surface area contributed by atoms with E-state index in [0.29, 0.717) is 56.9 Å². The third kappa shape index (κ3) is 11.7. The molecule has 0 bridgehead atoms. The Morgan fingerprint density at radius 1 is 0.630 bits per heavy atom. The number of carboxylic acids is 4. The van der Waals surface area contributed by atoms with Crippen LogP contribution in [0.2, 0.25) is 10.0 Å². The summed E-state index contributed by atoms with van der Waals surface area (Å²) >= 11 is 13.8. The zero-order valence-corrected chi connectivity index (χ0v) is 44.4. The fourth-order valence-corrected chi connectivity index (χ4v) is 15.0. The predicted molar refractivity (Wildman–Crippen MR) is 285 cm³/mol. The second-order valence-corrected chi connectivity index (χ2v) is 23.7. The summed E-state index contributed by atoms with van der Waals surface area (Å²) in [5, 5.41) is 39.8. The van der Waals surface area contributed by atoms with E-state index < -0.39 is 23.9 Å². The lowest BCUT2D eigenvalue weighted by atomic mass is 9.44. The van der Waals surface area contributed by atoms with Gasteiger partial charge in [-0.25, -0.2) is 19.2 Å². The van der Waals surface area contributed by atoms with Gasteiger partial charge < -0.3 is 29.9 Å². The summed E-state index contributed by atoms with van der Waals surface area (Å²) in [6, 6.07) is 18.3. The molecule has 4 aromatic rings. The topological polar surface area (TPSA) is 168 Å². The van der Waals surface area contributed by atoms with E-state index in [0.717, 1.165) is 48.3 Å². The number of benzene rings is 4. The minimum atomic E-state index is -1.29. The van der Waals surface area contributed by atoms with Crippen LogP contribution in [0, 0.1) is 58.2 Å². The highest BCUT2D eigenvalue weighted by Crippen LogP contribution is 2.69. The fraction of sp³-hybridized carbons (Fsp3) is 0.508. The molecule has 0 radical (unpaired) electrons. The summed E-state index contributed by atoms with van der Waals surface area (Å²) in [4.78, 5) is 48.7. The normalized spacial score (nSPS) is 25.7. The van der Waals surface area contributed by atoms with E-state index in [1.54, 1.807) is 36.4 Å². The summed E-state index contributed by atoms with van der Waals surface area (Å²) in [6.07, 6.45) is 19.3. The van der Waals surface area contributed by atoms with Crippen molar-refractivity contribution in [2.24, 2.45) is 58.2 Å². The molecule has 4 aromatic carbocycles. The van der Waals surface area contributed by atoms with Gasteiger partial charge in [0, 0.05) is 0 Å². The molecule has 2 unspecified atom stereocenters. The molecule has 10 nitrogen and oxygen atoms in total. The van der Waals surface area contributed by atoms with Crippen molar-refractivity contribution in [2.45, 2.75) is 138 Å². The monoisotopic (exact) mass is 1030 g/mol. The summed E-state index contributed by atoms with van der Waals surface area (Å²) in [5.74, 6) is 1.18. The summed E-state index contributed by atoms with van der Waals surface area (Å²) < 4.78 is 12.0. The van der Waals surface area contributed by atoms with Crippen molar-refractivity contribution in [1.82, 2.24) is 0 Å². The quantitative estimate of drug-likeness (QED) is 0.0669. The van der Waals surface area contributed by atoms with Crippen LogP contribution in [-0.2, 0) is 13.2 Å². The zero-order valence-electron chi connectivity index (χ0n) is 42.9. The first kappa shape index (κ1) is 54.0. The number of hydrogen-bond donors (Lipinski definition) is 4. The predicted octanol–water partition coefficient (Wildman–Crippen LogP) is 15.9. The van der Waals surface area contributed by atoms with Crippen LogP contribution in [0.1, 0.15) is 188 Å². The minimum Gasteiger partial charge on any atom is -0.486 e. The van der Waals surface area contributed by atoms with E-state index >= 15 is 0 Å². The highest BCUT2D eigenvalue weighted by molar-refractivity contribution is 6.33. The number of aromatic carboxylic acids is 4. The van der Waals surface area contributed by atoms with Gasteiger partial charge >= 0.3 is 23.9 Å². The van der Waals surface area contributed by atoms with Crippen molar-refractivity contribution in [3.8, 4) is 11.5 Å². The van der Waals surface area contributed by atoms with Crippen LogP contribution in [0.3, 0.4) is 0 Å². The maximum Gasteiger partial charge on any atom is 0.339 e. The van der Waals surface area contributed by atoms with Crippen LogP contribution in [0.15, 0.2) is 78.9 Å². The van der Waals surface area contributed by atoms with Gasteiger partial charge in [0.1, 0.15) is 24.3 Å². The molecule has 390 valence electrons. The van der Waals surface area contributed by atoms with E-state index in [4.69, 9.17) is 32.7 Å². The van der Waals surface area contributed by atoms with Gasteiger partial charge in [0.15, 0.2) is 11.5 Å². The smallest absolute Gasteiger partial charge is 0.339 e. The lowest BCUT2D eigenvalue weighted by Gasteiger charge is -2.61. The summed E-state index contributed by atoms with van der Waals surface area (Å²) in [5.41, 5.74) is 3.22. The van der Waals surface area contributed by atoms with Crippen LogP contribution in [-0.4, -0.2) is 44.3 Å². The molecule has 0 saturated heterocycles. The number of carboxylic acid groups (broad SMARTS) is 4. The van der Waals surface area contributed by atoms with Crippen molar-refractivity contribution >= 4 is 52.7 Å². The number of ether oxygens (including phenoxy) is 2. The molecule has 4 saturated carbocycles. The van der Waals surface area contributed by atoms with Crippen molar-refractivity contribution in [3.63, 3.8) is 0 Å². The third-order valence-corrected chi connectivity index (χ3v) is 18.8. The number of halogens is 2. The van der Waals surface area contributed by atoms with Gasteiger partial charge in [0.05, 0.1) is 21.2 Å². The number of rotatable bonds is 20. The van der Waals surface area contributed by atoms with Gasteiger partial charge in [0.2, 0.25) is 0 Å². The summed E-state index contributed by atoms with van der Waals surface area (Å²) in [6.45, 7) is 12.4. The molecular weight excluding hydrogens is 964 g/mol. The Balaban J connectivity index is 1.03. The van der Waals surface area contributed by atoms with Crippen molar-refractivity contribution in [1.29, 1.82) is 0 Å². The maximum absolute atomic E-state index is 12.9. The Hall–Kier alpha value is -5.32. The van der Waals surface area contributed by atoms with Gasteiger partial charge in [-0.15, -0.1) is 0 Å². The van der Waals surface area contributed by atoms with E-state index in [9.17, 15) is 39.6 Å². The van der Waals surface area contributed by atoms with Crippen LogP contribution in [0.4, 0.5) is 0 Å². The Morgan fingerprint density at radius 2 is 1.15 bits per heavy atom. The molecule has 4 aliphatic rings. The van der Waals surface area contributed by atoms with Crippen LogP contribution in [0.25, 0.3) is 5.57 Å². The van der Waals surface area contributed by atoms with E-state index in [2.05, 4.69) is 34.6 Å². The molecule has 0 aromatic heterocycles. The van der Waals surface area contributed by atoms with E-state index in [-0.39, 0.29) is 57.0 Å². The molecular formula is C61H72Cl2O10. The lowest BCUT2D eigenvalue weighted by molar-refractivity contribution is -0.121. The molecule has 4 N–H and O–H groups in total. The van der Waals surface area contributed by atoms with Crippen LogP contribution < -0.4 is 9.47 Å². The van der Waals surface area contributed by atoms with Gasteiger partial charge in [0.25, 0.3) is 0 Å². The molecule has 0 aliphatic heterocycles. The van der Waals surface area contributed by atoms with Gasteiger partial charge in [-0.3, -0.25) is 0 Å². The third-order valence-electron chi connectivity index (χ3n) is 18.2. The second-order valence-electron chi connectivity index (χ2n) is 22.9. The molecule has 0 heterocycles. The average molecular weight is 1040 g/mol. The molecule has 73 heavy (non-hydrogen) atoms. The number of hydrogen-bond acceptors (Lipinski definition) is 6. The highest BCUT2D eigenvalue weighted by Gasteiger charge is 2.60. The van der Waals surface area contributed by atoms with Crippen molar-refractivity contribution in [2.75, 3.05) is 0 Å². The molecule has 4 aliphatic carbocycles. The Morgan fingerprint density at radius 3 is 1.66 bits per heavy atom. The van der Waals surface area contributed by atoms with E-state index in [1.165, 1.54) is 107 Å². The van der Waals surface area contributed by atoms with Gasteiger partial charge in [-0.05, 0) is 205 Å². The Labute approximate surface area is 440 Å².